The van der Waals surface area contributed by atoms with Gasteiger partial charge in [-0.25, -0.2) is 0 Å². The number of aryl methyl sites for hydroxylation is 2. The van der Waals surface area contributed by atoms with Gasteiger partial charge >= 0.3 is 0 Å². The van der Waals surface area contributed by atoms with Crippen LogP contribution in [0.1, 0.15) is 49.8 Å². The van der Waals surface area contributed by atoms with Crippen molar-refractivity contribution in [1.82, 2.24) is 24.9 Å². The normalized spacial score (nSPS) is 14.0. The lowest BCUT2D eigenvalue weighted by Crippen LogP contribution is -2.33. The molecular formula is C15H23N5O. The number of aromatic nitrogens is 4. The fourth-order valence-electron chi connectivity index (χ4n) is 2.39. The van der Waals surface area contributed by atoms with Crippen molar-refractivity contribution in [3.63, 3.8) is 0 Å². The molecule has 6 nitrogen and oxygen atoms in total. The monoisotopic (exact) mass is 289 g/mol. The van der Waals surface area contributed by atoms with E-state index in [2.05, 4.69) is 22.4 Å². The van der Waals surface area contributed by atoms with Gasteiger partial charge in [0, 0.05) is 24.0 Å². The number of nitrogens with one attached hydrogen (secondary N) is 1. The molecule has 0 aliphatic heterocycles. The maximum absolute atomic E-state index is 12.3. The molecule has 114 valence electrons. The van der Waals surface area contributed by atoms with Crippen molar-refractivity contribution in [2.45, 2.75) is 53.2 Å². The Morgan fingerprint density at radius 2 is 2.10 bits per heavy atom. The molecule has 0 aliphatic carbocycles. The minimum absolute atomic E-state index is 0.0470. The molecule has 2 unspecified atom stereocenters. The summed E-state index contributed by atoms with van der Waals surface area (Å²) in [4.78, 5) is 12.3. The molecule has 0 saturated carbocycles. The van der Waals surface area contributed by atoms with Crippen molar-refractivity contribution in [3.8, 4) is 0 Å². The SMILES string of the molecule is CCn1ncc(C(C)NC(=O)C(C)n2ccc(C)n2)c1C. The molecule has 0 saturated heterocycles. The van der Waals surface area contributed by atoms with E-state index in [1.165, 1.54) is 0 Å². The maximum Gasteiger partial charge on any atom is 0.245 e. The summed E-state index contributed by atoms with van der Waals surface area (Å²) in [5.41, 5.74) is 3.05. The number of carbonyl (C=O) groups is 1. The highest BCUT2D eigenvalue weighted by Gasteiger charge is 2.20. The van der Waals surface area contributed by atoms with Crippen LogP contribution in [0.2, 0.25) is 0 Å². The van der Waals surface area contributed by atoms with Crippen LogP contribution in [0.4, 0.5) is 0 Å². The summed E-state index contributed by atoms with van der Waals surface area (Å²) >= 11 is 0. The molecule has 0 bridgehead atoms. The molecule has 0 radical (unpaired) electrons. The summed E-state index contributed by atoms with van der Waals surface area (Å²) in [5, 5.41) is 11.6. The van der Waals surface area contributed by atoms with Crippen LogP contribution in [0.25, 0.3) is 0 Å². The van der Waals surface area contributed by atoms with E-state index in [1.807, 2.05) is 50.8 Å². The molecule has 6 heteroatoms. The minimum atomic E-state index is -0.331. The number of nitrogens with zero attached hydrogens (tertiary/aromatic N) is 4. The first-order valence-corrected chi connectivity index (χ1v) is 7.28. The molecule has 2 aromatic heterocycles. The van der Waals surface area contributed by atoms with Crippen molar-refractivity contribution in [3.05, 3.63) is 35.4 Å². The third-order valence-electron chi connectivity index (χ3n) is 3.78. The van der Waals surface area contributed by atoms with Crippen LogP contribution in [0.3, 0.4) is 0 Å². The van der Waals surface area contributed by atoms with Crippen LogP contribution in [-0.2, 0) is 11.3 Å². The Bertz CT molecular complexity index is 628. The van der Waals surface area contributed by atoms with E-state index in [-0.39, 0.29) is 18.0 Å². The third kappa shape index (κ3) is 3.15. The molecule has 2 atom stereocenters. The molecule has 0 aromatic carbocycles. The Labute approximate surface area is 125 Å². The average molecular weight is 289 g/mol. The van der Waals surface area contributed by atoms with Gasteiger partial charge in [0.05, 0.1) is 17.9 Å². The van der Waals surface area contributed by atoms with Crippen molar-refractivity contribution >= 4 is 5.91 Å². The molecule has 2 aromatic rings. The summed E-state index contributed by atoms with van der Waals surface area (Å²) in [7, 11) is 0. The highest BCUT2D eigenvalue weighted by Crippen LogP contribution is 2.18. The maximum atomic E-state index is 12.3. The lowest BCUT2D eigenvalue weighted by atomic mass is 10.1. The molecule has 0 spiro atoms. The van der Waals surface area contributed by atoms with Gasteiger partial charge in [0.25, 0.3) is 0 Å². The summed E-state index contributed by atoms with van der Waals surface area (Å²) in [5.74, 6) is -0.0470. The van der Waals surface area contributed by atoms with Gasteiger partial charge < -0.3 is 5.32 Å². The number of rotatable bonds is 5. The lowest BCUT2D eigenvalue weighted by Gasteiger charge is -2.18. The van der Waals surface area contributed by atoms with Gasteiger partial charge in [-0.05, 0) is 40.7 Å². The van der Waals surface area contributed by atoms with Crippen molar-refractivity contribution < 1.29 is 4.79 Å². The zero-order valence-electron chi connectivity index (χ0n) is 13.3. The molecule has 0 fully saturated rings. The highest BCUT2D eigenvalue weighted by atomic mass is 16.2. The Morgan fingerprint density at radius 3 is 2.62 bits per heavy atom. The highest BCUT2D eigenvalue weighted by molar-refractivity contribution is 5.80. The van der Waals surface area contributed by atoms with Crippen LogP contribution < -0.4 is 5.32 Å². The first-order chi connectivity index (χ1) is 9.93. The quantitative estimate of drug-likeness (QED) is 0.917. The number of hydrogen-bond acceptors (Lipinski definition) is 3. The van der Waals surface area contributed by atoms with Gasteiger partial charge in [0.1, 0.15) is 6.04 Å². The Morgan fingerprint density at radius 1 is 1.38 bits per heavy atom. The average Bonchev–Trinajstić information content (AvgIpc) is 3.03. The van der Waals surface area contributed by atoms with E-state index in [0.29, 0.717) is 0 Å². The molecule has 0 aliphatic rings. The van der Waals surface area contributed by atoms with Crippen molar-refractivity contribution in [2.75, 3.05) is 0 Å². The zero-order valence-corrected chi connectivity index (χ0v) is 13.3. The zero-order chi connectivity index (χ0) is 15.6. The molecule has 1 N–H and O–H groups in total. The largest absolute Gasteiger partial charge is 0.348 e. The van der Waals surface area contributed by atoms with Crippen LogP contribution in [-0.4, -0.2) is 25.5 Å². The smallest absolute Gasteiger partial charge is 0.245 e. The second kappa shape index (κ2) is 6.11. The predicted octanol–water partition coefficient (Wildman–Crippen LogP) is 2.15. The topological polar surface area (TPSA) is 64.7 Å². The Kier molecular flexibility index (Phi) is 4.45. The molecule has 1 amide bonds. The van der Waals surface area contributed by atoms with E-state index >= 15 is 0 Å². The summed E-state index contributed by atoms with van der Waals surface area (Å²) in [6.07, 6.45) is 3.65. The molecule has 2 rings (SSSR count). The lowest BCUT2D eigenvalue weighted by molar-refractivity contribution is -0.124. The van der Waals surface area contributed by atoms with Gasteiger partial charge in [0.2, 0.25) is 5.91 Å². The van der Waals surface area contributed by atoms with Crippen molar-refractivity contribution in [2.24, 2.45) is 0 Å². The minimum Gasteiger partial charge on any atom is -0.348 e. The van der Waals surface area contributed by atoms with E-state index in [0.717, 1.165) is 23.5 Å². The second-order valence-corrected chi connectivity index (χ2v) is 5.34. The van der Waals surface area contributed by atoms with E-state index in [4.69, 9.17) is 0 Å². The fourth-order valence-corrected chi connectivity index (χ4v) is 2.39. The number of carbonyl (C=O) groups excluding carboxylic acids is 1. The van der Waals surface area contributed by atoms with Crippen molar-refractivity contribution in [1.29, 1.82) is 0 Å². The summed E-state index contributed by atoms with van der Waals surface area (Å²) in [6, 6.07) is 1.49. The van der Waals surface area contributed by atoms with Crippen LogP contribution in [0.5, 0.6) is 0 Å². The number of amides is 1. The Balaban J connectivity index is 2.06. The summed E-state index contributed by atoms with van der Waals surface area (Å²) in [6.45, 7) is 10.6. The van der Waals surface area contributed by atoms with Crippen LogP contribution >= 0.6 is 0 Å². The van der Waals surface area contributed by atoms with Crippen LogP contribution in [0.15, 0.2) is 18.5 Å². The van der Waals surface area contributed by atoms with Crippen LogP contribution in [0, 0.1) is 13.8 Å². The van der Waals surface area contributed by atoms with Gasteiger partial charge in [-0.15, -0.1) is 0 Å². The second-order valence-electron chi connectivity index (χ2n) is 5.34. The van der Waals surface area contributed by atoms with Gasteiger partial charge in [-0.3, -0.25) is 14.2 Å². The third-order valence-corrected chi connectivity index (χ3v) is 3.78. The predicted molar refractivity (Wildman–Crippen MR) is 80.9 cm³/mol. The number of hydrogen-bond donors (Lipinski definition) is 1. The first kappa shape index (κ1) is 15.3. The van der Waals surface area contributed by atoms with Gasteiger partial charge in [-0.1, -0.05) is 0 Å². The van der Waals surface area contributed by atoms with E-state index in [1.54, 1.807) is 4.68 Å². The standard InChI is InChI=1S/C15H23N5O/c1-6-19-12(4)14(9-16-19)11(3)17-15(21)13(5)20-8-7-10(2)18-20/h7-9,11,13H,6H2,1-5H3,(H,17,21). The molecule has 2 heterocycles. The molecular weight excluding hydrogens is 266 g/mol. The Hall–Kier alpha value is -2.11. The van der Waals surface area contributed by atoms with Gasteiger partial charge in [0.15, 0.2) is 0 Å². The van der Waals surface area contributed by atoms with Gasteiger partial charge in [-0.2, -0.15) is 10.2 Å². The van der Waals surface area contributed by atoms with E-state index < -0.39 is 0 Å². The first-order valence-electron chi connectivity index (χ1n) is 7.28. The summed E-state index contributed by atoms with van der Waals surface area (Å²) < 4.78 is 3.61. The van der Waals surface area contributed by atoms with E-state index in [9.17, 15) is 4.79 Å². The fraction of sp³-hybridized carbons (Fsp3) is 0.533. The molecule has 21 heavy (non-hydrogen) atoms.